The van der Waals surface area contributed by atoms with Crippen LogP contribution in [0.5, 0.6) is 5.75 Å². The minimum Gasteiger partial charge on any atom is -0.492 e. The molecule has 0 aliphatic rings. The largest absolute Gasteiger partial charge is 0.492 e. The molecule has 1 aromatic heterocycles. The molecule has 2 rings (SSSR count). The van der Waals surface area contributed by atoms with Gasteiger partial charge in [0.1, 0.15) is 11.4 Å². The van der Waals surface area contributed by atoms with Gasteiger partial charge < -0.3 is 10.5 Å². The fourth-order valence-electron chi connectivity index (χ4n) is 2.03. The number of benzene rings is 1. The maximum atomic E-state index is 12.4. The van der Waals surface area contributed by atoms with Crippen molar-refractivity contribution in [3.8, 4) is 5.75 Å². The smallest absolute Gasteiger partial charge is 0.249 e. The predicted molar refractivity (Wildman–Crippen MR) is 86.6 cm³/mol. The average Bonchev–Trinajstić information content (AvgIpc) is 2.49. The van der Waals surface area contributed by atoms with E-state index in [1.165, 1.54) is 18.5 Å². The summed E-state index contributed by atoms with van der Waals surface area (Å²) in [5.41, 5.74) is 6.01. The van der Waals surface area contributed by atoms with E-state index in [1.807, 2.05) is 0 Å². The number of hydrogen-bond donors (Lipinski definition) is 2. The maximum absolute atomic E-state index is 12.4. The highest BCUT2D eigenvalue weighted by molar-refractivity contribution is 7.91. The normalized spacial score (nSPS) is 11.0. The summed E-state index contributed by atoms with van der Waals surface area (Å²) >= 11 is 0. The van der Waals surface area contributed by atoms with Gasteiger partial charge in [0.15, 0.2) is 0 Å². The Labute approximate surface area is 134 Å². The molecule has 2 aromatic rings. The first-order valence-electron chi connectivity index (χ1n) is 6.88. The van der Waals surface area contributed by atoms with Crippen molar-refractivity contribution in [2.75, 3.05) is 11.3 Å². The predicted octanol–water partition coefficient (Wildman–Crippen LogP) is 1.52. The minimum absolute atomic E-state index is 0.175. The SMILES string of the molecule is CCOc1ccncc1NS(=O)(=O)Cc1ccccc1C(N)=O. The number of ether oxygens (including phenoxy) is 1. The molecule has 0 radical (unpaired) electrons. The third-order valence-electron chi connectivity index (χ3n) is 2.97. The van der Waals surface area contributed by atoms with E-state index < -0.39 is 15.9 Å². The van der Waals surface area contributed by atoms with Gasteiger partial charge in [-0.15, -0.1) is 0 Å². The topological polar surface area (TPSA) is 111 Å². The fraction of sp³-hybridized carbons (Fsp3) is 0.200. The summed E-state index contributed by atoms with van der Waals surface area (Å²) in [5, 5.41) is 0. The number of carbonyl (C=O) groups is 1. The van der Waals surface area contributed by atoms with Crippen LogP contribution in [0.1, 0.15) is 22.8 Å². The third-order valence-corrected chi connectivity index (χ3v) is 4.20. The summed E-state index contributed by atoms with van der Waals surface area (Å²) < 4.78 is 32.5. The lowest BCUT2D eigenvalue weighted by Crippen LogP contribution is -2.19. The summed E-state index contributed by atoms with van der Waals surface area (Å²) in [5.74, 6) is -0.673. The van der Waals surface area contributed by atoms with Crippen molar-refractivity contribution in [3.05, 3.63) is 53.9 Å². The van der Waals surface area contributed by atoms with Gasteiger partial charge in [-0.3, -0.25) is 14.5 Å². The van der Waals surface area contributed by atoms with E-state index in [0.717, 1.165) is 0 Å². The molecule has 0 aliphatic carbocycles. The summed E-state index contributed by atoms with van der Waals surface area (Å²) in [7, 11) is -3.76. The van der Waals surface area contributed by atoms with Crippen LogP contribution >= 0.6 is 0 Å². The molecule has 1 heterocycles. The molecule has 0 saturated carbocycles. The van der Waals surface area contributed by atoms with Crippen molar-refractivity contribution in [1.82, 2.24) is 4.98 Å². The van der Waals surface area contributed by atoms with E-state index in [2.05, 4.69) is 9.71 Å². The van der Waals surface area contributed by atoms with Gasteiger partial charge >= 0.3 is 0 Å². The van der Waals surface area contributed by atoms with E-state index in [1.54, 1.807) is 31.2 Å². The zero-order chi connectivity index (χ0) is 16.9. The van der Waals surface area contributed by atoms with Crippen molar-refractivity contribution in [1.29, 1.82) is 0 Å². The maximum Gasteiger partial charge on any atom is 0.249 e. The number of pyridine rings is 1. The average molecular weight is 335 g/mol. The Morgan fingerprint density at radius 2 is 2.04 bits per heavy atom. The Morgan fingerprint density at radius 1 is 1.30 bits per heavy atom. The second-order valence-corrected chi connectivity index (χ2v) is 6.41. The first-order chi connectivity index (χ1) is 10.9. The van der Waals surface area contributed by atoms with E-state index in [4.69, 9.17) is 10.5 Å². The van der Waals surface area contributed by atoms with Gasteiger partial charge in [0.05, 0.1) is 18.6 Å². The van der Waals surface area contributed by atoms with Crippen LogP contribution in [0.3, 0.4) is 0 Å². The number of nitrogens with one attached hydrogen (secondary N) is 1. The molecule has 0 saturated heterocycles. The Morgan fingerprint density at radius 3 is 2.74 bits per heavy atom. The zero-order valence-electron chi connectivity index (χ0n) is 12.5. The Bertz CT molecular complexity index is 806. The molecule has 0 spiro atoms. The van der Waals surface area contributed by atoms with Gasteiger partial charge in [0.2, 0.25) is 15.9 Å². The summed E-state index contributed by atoms with van der Waals surface area (Å²) in [6, 6.07) is 7.87. The Balaban J connectivity index is 2.26. The summed E-state index contributed by atoms with van der Waals surface area (Å²) in [6.07, 6.45) is 2.87. The van der Waals surface area contributed by atoms with Crippen LogP contribution in [0.15, 0.2) is 42.7 Å². The number of aromatic nitrogens is 1. The number of hydrogen-bond acceptors (Lipinski definition) is 5. The minimum atomic E-state index is -3.76. The van der Waals surface area contributed by atoms with Crippen molar-refractivity contribution in [2.45, 2.75) is 12.7 Å². The van der Waals surface area contributed by atoms with E-state index in [0.29, 0.717) is 17.9 Å². The lowest BCUT2D eigenvalue weighted by molar-refractivity contribution is 0.0999. The third kappa shape index (κ3) is 4.43. The number of primary amides is 1. The van der Waals surface area contributed by atoms with E-state index in [9.17, 15) is 13.2 Å². The number of sulfonamides is 1. The number of amides is 1. The molecule has 0 unspecified atom stereocenters. The summed E-state index contributed by atoms with van der Waals surface area (Å²) in [4.78, 5) is 15.3. The van der Waals surface area contributed by atoms with Crippen molar-refractivity contribution in [3.63, 3.8) is 0 Å². The van der Waals surface area contributed by atoms with Crippen LogP contribution in [0, 0.1) is 0 Å². The highest BCUT2D eigenvalue weighted by Crippen LogP contribution is 2.24. The molecule has 3 N–H and O–H groups in total. The number of anilines is 1. The molecule has 0 aliphatic heterocycles. The van der Waals surface area contributed by atoms with Crippen LogP contribution in [-0.2, 0) is 15.8 Å². The van der Waals surface area contributed by atoms with Gasteiger partial charge in [-0.05, 0) is 18.6 Å². The number of carbonyl (C=O) groups excluding carboxylic acids is 1. The molecule has 23 heavy (non-hydrogen) atoms. The van der Waals surface area contributed by atoms with E-state index in [-0.39, 0.29) is 17.0 Å². The molecule has 7 nitrogen and oxygen atoms in total. The zero-order valence-corrected chi connectivity index (χ0v) is 13.3. The Kier molecular flexibility index (Phi) is 5.17. The van der Waals surface area contributed by atoms with Crippen LogP contribution in [0.25, 0.3) is 0 Å². The lowest BCUT2D eigenvalue weighted by atomic mass is 10.1. The van der Waals surface area contributed by atoms with Crippen molar-refractivity contribution in [2.24, 2.45) is 5.73 Å². The highest BCUT2D eigenvalue weighted by Gasteiger charge is 2.18. The molecular weight excluding hydrogens is 318 g/mol. The number of nitrogens with two attached hydrogens (primary N) is 1. The molecule has 0 fully saturated rings. The summed E-state index contributed by atoms with van der Waals surface area (Å²) in [6.45, 7) is 2.19. The van der Waals surface area contributed by atoms with Gasteiger partial charge in [-0.2, -0.15) is 0 Å². The first kappa shape index (κ1) is 16.8. The van der Waals surface area contributed by atoms with Crippen LogP contribution in [0.2, 0.25) is 0 Å². The standard InChI is InChI=1S/C15H17N3O4S/c1-2-22-14-7-8-17-9-13(14)18-23(20,21)10-11-5-3-4-6-12(11)15(16)19/h3-9,18H,2,10H2,1H3,(H2,16,19). The fourth-order valence-corrected chi connectivity index (χ4v) is 3.26. The molecule has 122 valence electrons. The molecule has 0 atom stereocenters. The van der Waals surface area contributed by atoms with Crippen molar-refractivity contribution < 1.29 is 17.9 Å². The molecule has 1 amide bonds. The highest BCUT2D eigenvalue weighted by atomic mass is 32.2. The molecule has 1 aromatic carbocycles. The monoisotopic (exact) mass is 335 g/mol. The van der Waals surface area contributed by atoms with Gasteiger partial charge in [-0.1, -0.05) is 18.2 Å². The lowest BCUT2D eigenvalue weighted by Gasteiger charge is -2.13. The van der Waals surface area contributed by atoms with Crippen LogP contribution in [0.4, 0.5) is 5.69 Å². The number of rotatable bonds is 7. The second kappa shape index (κ2) is 7.10. The van der Waals surface area contributed by atoms with Crippen LogP contribution < -0.4 is 15.2 Å². The van der Waals surface area contributed by atoms with Crippen molar-refractivity contribution >= 4 is 21.6 Å². The van der Waals surface area contributed by atoms with Crippen LogP contribution in [-0.4, -0.2) is 25.9 Å². The number of nitrogens with zero attached hydrogens (tertiary/aromatic N) is 1. The quantitative estimate of drug-likeness (QED) is 0.797. The first-order valence-corrected chi connectivity index (χ1v) is 8.53. The molecule has 0 bridgehead atoms. The molecule has 8 heteroatoms. The molecular formula is C15H17N3O4S. The van der Waals surface area contributed by atoms with Gasteiger partial charge in [0.25, 0.3) is 0 Å². The second-order valence-electron chi connectivity index (χ2n) is 4.69. The Hall–Kier alpha value is -2.61. The van der Waals surface area contributed by atoms with Gasteiger partial charge in [0, 0.05) is 17.8 Å². The van der Waals surface area contributed by atoms with Gasteiger partial charge in [-0.25, -0.2) is 8.42 Å². The van der Waals surface area contributed by atoms with E-state index >= 15 is 0 Å².